The molecule has 1 amide bonds. The number of benzene rings is 1. The molecular formula is C18H26N2O3. The first kappa shape index (κ1) is 16.3. The molecule has 3 rings (SSSR count). The number of likely N-dealkylation sites (tertiary alicyclic amines) is 1. The van der Waals surface area contributed by atoms with Gasteiger partial charge >= 0.3 is 6.09 Å². The van der Waals surface area contributed by atoms with Crippen LogP contribution in [0, 0.1) is 0 Å². The molecule has 2 unspecified atom stereocenters. The molecule has 0 saturated carbocycles. The zero-order chi connectivity index (χ0) is 16.4. The molecule has 0 N–H and O–H groups in total. The first-order valence-electron chi connectivity index (χ1n) is 8.30. The van der Waals surface area contributed by atoms with E-state index in [9.17, 15) is 4.79 Å². The van der Waals surface area contributed by atoms with Gasteiger partial charge in [-0.25, -0.2) is 4.79 Å². The summed E-state index contributed by atoms with van der Waals surface area (Å²) in [7, 11) is 0. The van der Waals surface area contributed by atoms with Gasteiger partial charge in [-0.3, -0.25) is 4.90 Å². The number of fused-ring (bicyclic) bond motifs is 1. The van der Waals surface area contributed by atoms with Gasteiger partial charge in [0, 0.05) is 19.6 Å². The van der Waals surface area contributed by atoms with Gasteiger partial charge < -0.3 is 14.4 Å². The minimum Gasteiger partial charge on any atom is -0.444 e. The topological polar surface area (TPSA) is 42.0 Å². The average molecular weight is 318 g/mol. The van der Waals surface area contributed by atoms with Crippen LogP contribution in [0.1, 0.15) is 26.3 Å². The van der Waals surface area contributed by atoms with Gasteiger partial charge in [-0.2, -0.15) is 0 Å². The number of carbonyl (C=O) groups is 1. The lowest BCUT2D eigenvalue weighted by molar-refractivity contribution is -0.0505. The van der Waals surface area contributed by atoms with Crippen LogP contribution in [0.15, 0.2) is 30.3 Å². The maximum absolute atomic E-state index is 12.3. The second kappa shape index (κ2) is 6.49. The monoisotopic (exact) mass is 318 g/mol. The Hall–Kier alpha value is -1.59. The van der Waals surface area contributed by atoms with Crippen LogP contribution >= 0.6 is 0 Å². The largest absolute Gasteiger partial charge is 0.444 e. The molecule has 0 radical (unpaired) electrons. The first-order valence-corrected chi connectivity index (χ1v) is 8.30. The van der Waals surface area contributed by atoms with Crippen molar-refractivity contribution in [1.29, 1.82) is 0 Å². The molecule has 0 aliphatic carbocycles. The van der Waals surface area contributed by atoms with Crippen molar-refractivity contribution < 1.29 is 14.3 Å². The zero-order valence-corrected chi connectivity index (χ0v) is 14.2. The maximum Gasteiger partial charge on any atom is 0.410 e. The number of morpholine rings is 1. The van der Waals surface area contributed by atoms with Gasteiger partial charge in [0.05, 0.1) is 25.3 Å². The average Bonchev–Trinajstić information content (AvgIpc) is 2.92. The van der Waals surface area contributed by atoms with Crippen molar-refractivity contribution in [3.05, 3.63) is 35.9 Å². The van der Waals surface area contributed by atoms with E-state index in [1.807, 2.05) is 26.8 Å². The lowest BCUT2D eigenvalue weighted by Gasteiger charge is -2.36. The molecule has 5 heteroatoms. The molecule has 1 aromatic rings. The van der Waals surface area contributed by atoms with E-state index in [2.05, 4.69) is 29.2 Å². The lowest BCUT2D eigenvalue weighted by atomic mass is 10.1. The Morgan fingerprint density at radius 2 is 2.00 bits per heavy atom. The van der Waals surface area contributed by atoms with Crippen molar-refractivity contribution in [2.45, 2.75) is 45.1 Å². The summed E-state index contributed by atoms with van der Waals surface area (Å²) in [5.74, 6) is 0. The molecule has 0 aromatic heterocycles. The third-order valence-electron chi connectivity index (χ3n) is 4.30. The van der Waals surface area contributed by atoms with Crippen molar-refractivity contribution >= 4 is 6.09 Å². The number of ether oxygens (including phenoxy) is 2. The van der Waals surface area contributed by atoms with Gasteiger partial charge in [0.2, 0.25) is 0 Å². The molecule has 2 fully saturated rings. The predicted octanol–water partition coefficient (Wildman–Crippen LogP) is 2.51. The van der Waals surface area contributed by atoms with Crippen LogP contribution in [0.3, 0.4) is 0 Å². The number of amides is 1. The summed E-state index contributed by atoms with van der Waals surface area (Å²) < 4.78 is 11.4. The Morgan fingerprint density at radius 3 is 2.70 bits per heavy atom. The molecular weight excluding hydrogens is 292 g/mol. The Labute approximate surface area is 138 Å². The van der Waals surface area contributed by atoms with Crippen LogP contribution in [-0.4, -0.2) is 59.9 Å². The molecule has 2 saturated heterocycles. The SMILES string of the molecule is CC(C)(C)OC(=O)N1CC2OCCN(Cc3ccccc3)C2C1. The van der Waals surface area contributed by atoms with Gasteiger partial charge in [0.1, 0.15) is 5.60 Å². The van der Waals surface area contributed by atoms with Crippen LogP contribution < -0.4 is 0 Å². The molecule has 5 nitrogen and oxygen atoms in total. The minimum absolute atomic E-state index is 0.0833. The van der Waals surface area contributed by atoms with Crippen molar-refractivity contribution in [3.63, 3.8) is 0 Å². The highest BCUT2D eigenvalue weighted by Crippen LogP contribution is 2.25. The Kier molecular flexibility index (Phi) is 4.60. The van der Waals surface area contributed by atoms with E-state index in [-0.39, 0.29) is 18.2 Å². The van der Waals surface area contributed by atoms with Crippen molar-refractivity contribution in [2.75, 3.05) is 26.2 Å². The third kappa shape index (κ3) is 4.03. The van der Waals surface area contributed by atoms with Crippen molar-refractivity contribution in [2.24, 2.45) is 0 Å². The smallest absolute Gasteiger partial charge is 0.410 e. The van der Waals surface area contributed by atoms with E-state index < -0.39 is 5.60 Å². The fraction of sp³-hybridized carbons (Fsp3) is 0.611. The van der Waals surface area contributed by atoms with Gasteiger partial charge in [0.25, 0.3) is 0 Å². The van der Waals surface area contributed by atoms with Crippen LogP contribution in [-0.2, 0) is 16.0 Å². The van der Waals surface area contributed by atoms with E-state index in [1.54, 1.807) is 4.90 Å². The maximum atomic E-state index is 12.3. The normalized spacial score (nSPS) is 25.3. The Morgan fingerprint density at radius 1 is 1.26 bits per heavy atom. The molecule has 0 spiro atoms. The Bertz CT molecular complexity index is 541. The third-order valence-corrected chi connectivity index (χ3v) is 4.30. The summed E-state index contributed by atoms with van der Waals surface area (Å²) in [4.78, 5) is 16.5. The van der Waals surface area contributed by atoms with Gasteiger partial charge in [-0.05, 0) is 26.3 Å². The number of rotatable bonds is 2. The van der Waals surface area contributed by atoms with Crippen LogP contribution in [0.4, 0.5) is 4.79 Å². The fourth-order valence-corrected chi connectivity index (χ4v) is 3.25. The van der Waals surface area contributed by atoms with Gasteiger partial charge in [0.15, 0.2) is 0 Å². The second-order valence-corrected chi connectivity index (χ2v) is 7.32. The molecule has 23 heavy (non-hydrogen) atoms. The molecule has 2 atom stereocenters. The van der Waals surface area contributed by atoms with Gasteiger partial charge in [-0.15, -0.1) is 0 Å². The number of hydrogen-bond donors (Lipinski definition) is 0. The van der Waals surface area contributed by atoms with Crippen molar-refractivity contribution in [3.8, 4) is 0 Å². The summed E-state index contributed by atoms with van der Waals surface area (Å²) >= 11 is 0. The molecule has 2 aliphatic rings. The van der Waals surface area contributed by atoms with Crippen molar-refractivity contribution in [1.82, 2.24) is 9.80 Å². The quantitative estimate of drug-likeness (QED) is 0.840. The standard InChI is InChI=1S/C18H26N2O3/c1-18(2,3)23-17(21)20-12-15-16(13-20)22-10-9-19(15)11-14-7-5-4-6-8-14/h4-8,15-16H,9-13H2,1-3H3. The highest BCUT2D eigenvalue weighted by molar-refractivity contribution is 5.68. The second-order valence-electron chi connectivity index (χ2n) is 7.32. The number of nitrogens with zero attached hydrogens (tertiary/aromatic N) is 2. The molecule has 1 aromatic carbocycles. The van der Waals surface area contributed by atoms with E-state index in [1.165, 1.54) is 5.56 Å². The molecule has 126 valence electrons. The molecule has 2 aliphatic heterocycles. The molecule has 0 bridgehead atoms. The summed E-state index contributed by atoms with van der Waals surface area (Å²) in [6.07, 6.45) is -0.157. The summed E-state index contributed by atoms with van der Waals surface area (Å²) in [6, 6.07) is 10.7. The highest BCUT2D eigenvalue weighted by atomic mass is 16.6. The van der Waals surface area contributed by atoms with E-state index in [4.69, 9.17) is 9.47 Å². The lowest BCUT2D eigenvalue weighted by Crippen LogP contribution is -2.50. The zero-order valence-electron chi connectivity index (χ0n) is 14.2. The highest BCUT2D eigenvalue weighted by Gasteiger charge is 2.42. The summed E-state index contributed by atoms with van der Waals surface area (Å²) in [6.45, 7) is 9.49. The van der Waals surface area contributed by atoms with E-state index in [0.29, 0.717) is 13.1 Å². The number of carbonyl (C=O) groups excluding carboxylic acids is 1. The summed E-state index contributed by atoms with van der Waals surface area (Å²) in [5, 5.41) is 0. The molecule has 2 heterocycles. The van der Waals surface area contributed by atoms with Gasteiger partial charge in [-0.1, -0.05) is 30.3 Å². The first-order chi connectivity index (χ1) is 10.9. The van der Waals surface area contributed by atoms with E-state index in [0.717, 1.165) is 19.7 Å². The number of hydrogen-bond acceptors (Lipinski definition) is 4. The predicted molar refractivity (Wildman–Crippen MR) is 88.2 cm³/mol. The van der Waals surface area contributed by atoms with Crippen LogP contribution in [0.25, 0.3) is 0 Å². The minimum atomic E-state index is -0.463. The fourth-order valence-electron chi connectivity index (χ4n) is 3.25. The van der Waals surface area contributed by atoms with E-state index >= 15 is 0 Å². The Balaban J connectivity index is 1.64. The summed E-state index contributed by atoms with van der Waals surface area (Å²) in [5.41, 5.74) is 0.832. The van der Waals surface area contributed by atoms with Crippen LogP contribution in [0.5, 0.6) is 0 Å². The van der Waals surface area contributed by atoms with Crippen LogP contribution in [0.2, 0.25) is 0 Å².